The lowest BCUT2D eigenvalue weighted by molar-refractivity contribution is 0.0822. The zero-order valence-electron chi connectivity index (χ0n) is 26.4. The second-order valence-electron chi connectivity index (χ2n) is 12.0. The number of benzene rings is 4. The first-order valence-electron chi connectivity index (χ1n) is 16.2. The molecule has 1 aliphatic rings. The molecule has 12 heteroatoms. The average molecular weight is 680 g/mol. The molecule has 0 N–H and O–H groups in total. The van der Waals surface area contributed by atoms with Crippen LogP contribution in [-0.4, -0.2) is 76.4 Å². The maximum Gasteiger partial charge on any atom is 0.173 e. The highest BCUT2D eigenvalue weighted by Gasteiger charge is 2.35. The van der Waals surface area contributed by atoms with Gasteiger partial charge in [0.2, 0.25) is 0 Å². The van der Waals surface area contributed by atoms with Crippen LogP contribution >= 0.6 is 23.2 Å². The second kappa shape index (κ2) is 15.2. The van der Waals surface area contributed by atoms with E-state index in [9.17, 15) is 0 Å². The molecule has 0 spiro atoms. The Morgan fingerprint density at radius 1 is 0.500 bits per heavy atom. The molecule has 1 saturated heterocycles. The number of aromatic nitrogens is 8. The lowest BCUT2D eigenvalue weighted by Crippen LogP contribution is -2.50. The molecule has 3 heterocycles. The van der Waals surface area contributed by atoms with Gasteiger partial charge < -0.3 is 0 Å². The molecule has 4 aromatic carbocycles. The fourth-order valence-electron chi connectivity index (χ4n) is 6.48. The van der Waals surface area contributed by atoms with Gasteiger partial charge in [0.15, 0.2) is 11.6 Å². The third kappa shape index (κ3) is 7.47. The smallest absolute Gasteiger partial charge is 0.173 e. The van der Waals surface area contributed by atoms with Crippen LogP contribution in [-0.2, 0) is 25.9 Å². The van der Waals surface area contributed by atoms with Crippen molar-refractivity contribution in [3.05, 3.63) is 153 Å². The zero-order valence-corrected chi connectivity index (χ0v) is 27.9. The monoisotopic (exact) mass is 678 g/mol. The minimum atomic E-state index is -0.139. The number of hydrogen-bond donors (Lipinski definition) is 0. The number of rotatable bonds is 12. The van der Waals surface area contributed by atoms with Crippen molar-refractivity contribution in [2.75, 3.05) is 26.2 Å². The quantitative estimate of drug-likeness (QED) is 0.157. The Hall–Kier alpha value is -4.48. The topological polar surface area (TPSA) is 93.7 Å². The Kier molecular flexibility index (Phi) is 10.1. The van der Waals surface area contributed by atoms with Gasteiger partial charge in [0, 0.05) is 49.3 Å². The van der Waals surface area contributed by atoms with Crippen molar-refractivity contribution in [2.24, 2.45) is 0 Å². The van der Waals surface area contributed by atoms with Crippen LogP contribution in [0.15, 0.2) is 109 Å². The maximum absolute atomic E-state index is 6.32. The fraction of sp³-hybridized carbons (Fsp3) is 0.278. The highest BCUT2D eigenvalue weighted by atomic mass is 35.5. The minimum Gasteiger partial charge on any atom is -0.287 e. The summed E-state index contributed by atoms with van der Waals surface area (Å²) < 4.78 is 3.88. The average Bonchev–Trinajstić information content (AvgIpc) is 3.80. The van der Waals surface area contributed by atoms with E-state index in [0.29, 0.717) is 23.1 Å². The summed E-state index contributed by atoms with van der Waals surface area (Å²) in [6.45, 7) is 4.51. The standard InChI is InChI=1S/C36H36Cl2N10/c37-31-15-11-29(12-16-31)33(35-39-41-43-47(35)21-19-27-7-3-1-4-8-27)45-23-25-46(26-24-45)34(30-13-17-32(38)18-14-30)36-40-42-44-48(36)22-20-28-9-5-2-6-10-28/h1-18,33-34H,19-26H2. The number of hydrogen-bond acceptors (Lipinski definition) is 8. The molecule has 2 unspecified atom stereocenters. The van der Waals surface area contributed by atoms with E-state index in [1.807, 2.05) is 45.8 Å². The fourth-order valence-corrected chi connectivity index (χ4v) is 6.73. The zero-order chi connectivity index (χ0) is 32.7. The van der Waals surface area contributed by atoms with Crippen LogP contribution in [0.4, 0.5) is 0 Å². The van der Waals surface area contributed by atoms with Gasteiger partial charge in [-0.25, -0.2) is 9.36 Å². The van der Waals surface area contributed by atoms with Crippen LogP contribution in [0.25, 0.3) is 0 Å². The molecule has 7 rings (SSSR count). The van der Waals surface area contributed by atoms with Crippen LogP contribution in [0.3, 0.4) is 0 Å². The SMILES string of the molecule is Clc1ccc(C(c2nnnn2CCc2ccccc2)N2CCN(C(c3ccc(Cl)cc3)c3nnnn3CCc3ccccc3)CC2)cc1. The minimum absolute atomic E-state index is 0.139. The predicted molar refractivity (Wildman–Crippen MR) is 186 cm³/mol. The van der Waals surface area contributed by atoms with E-state index in [-0.39, 0.29) is 12.1 Å². The van der Waals surface area contributed by atoms with Crippen LogP contribution in [0, 0.1) is 0 Å². The highest BCUT2D eigenvalue weighted by Crippen LogP contribution is 2.33. The third-order valence-electron chi connectivity index (χ3n) is 8.97. The van der Waals surface area contributed by atoms with E-state index in [2.05, 4.69) is 114 Å². The number of tetrazole rings is 2. The first-order valence-corrected chi connectivity index (χ1v) is 17.0. The van der Waals surface area contributed by atoms with Crippen molar-refractivity contribution in [3.63, 3.8) is 0 Å². The summed E-state index contributed by atoms with van der Waals surface area (Å²) in [6, 6.07) is 36.6. The molecule has 1 aliphatic heterocycles. The van der Waals surface area contributed by atoms with E-state index in [0.717, 1.165) is 61.8 Å². The lowest BCUT2D eigenvalue weighted by atomic mass is 10.0. The van der Waals surface area contributed by atoms with Crippen LogP contribution in [0.1, 0.15) is 46.0 Å². The molecular weight excluding hydrogens is 643 g/mol. The molecule has 0 radical (unpaired) electrons. The molecule has 6 aromatic rings. The Labute approximate surface area is 289 Å². The molecule has 0 saturated carbocycles. The first kappa shape index (κ1) is 32.1. The van der Waals surface area contributed by atoms with Gasteiger partial charge in [-0.1, -0.05) is 108 Å². The van der Waals surface area contributed by atoms with Crippen LogP contribution in [0.5, 0.6) is 0 Å². The van der Waals surface area contributed by atoms with Gasteiger partial charge in [-0.15, -0.1) is 10.2 Å². The summed E-state index contributed by atoms with van der Waals surface area (Å²) >= 11 is 12.6. The molecule has 244 valence electrons. The molecule has 0 aliphatic carbocycles. The summed E-state index contributed by atoms with van der Waals surface area (Å²) in [7, 11) is 0. The second-order valence-corrected chi connectivity index (χ2v) is 12.8. The third-order valence-corrected chi connectivity index (χ3v) is 9.47. The van der Waals surface area contributed by atoms with Gasteiger partial charge in [0.25, 0.3) is 0 Å². The van der Waals surface area contributed by atoms with Crippen molar-refractivity contribution in [1.82, 2.24) is 50.2 Å². The van der Waals surface area contributed by atoms with Crippen molar-refractivity contribution < 1.29 is 0 Å². The van der Waals surface area contributed by atoms with E-state index >= 15 is 0 Å². The molecule has 0 amide bonds. The number of halogens is 2. The van der Waals surface area contributed by atoms with Gasteiger partial charge in [-0.05, 0) is 80.2 Å². The van der Waals surface area contributed by atoms with E-state index in [4.69, 9.17) is 23.2 Å². The van der Waals surface area contributed by atoms with Gasteiger partial charge in [-0.3, -0.25) is 9.80 Å². The Balaban J connectivity index is 1.14. The maximum atomic E-state index is 6.32. The summed E-state index contributed by atoms with van der Waals surface area (Å²) in [5.41, 5.74) is 4.69. The molecule has 10 nitrogen and oxygen atoms in total. The summed E-state index contributed by atoms with van der Waals surface area (Å²) in [6.07, 6.45) is 1.67. The van der Waals surface area contributed by atoms with E-state index < -0.39 is 0 Å². The molecular formula is C36H36Cl2N10. The Morgan fingerprint density at radius 2 is 0.875 bits per heavy atom. The summed E-state index contributed by atoms with van der Waals surface area (Å²) in [5, 5.41) is 27.7. The van der Waals surface area contributed by atoms with Crippen molar-refractivity contribution in [1.29, 1.82) is 0 Å². The van der Waals surface area contributed by atoms with E-state index in [1.165, 1.54) is 11.1 Å². The summed E-state index contributed by atoms with van der Waals surface area (Å²) in [5.74, 6) is 1.64. The summed E-state index contributed by atoms with van der Waals surface area (Å²) in [4.78, 5) is 4.92. The highest BCUT2D eigenvalue weighted by molar-refractivity contribution is 6.30. The molecule has 1 fully saturated rings. The number of nitrogens with zero attached hydrogens (tertiary/aromatic N) is 10. The Morgan fingerprint density at radius 3 is 1.25 bits per heavy atom. The van der Waals surface area contributed by atoms with Crippen LogP contribution < -0.4 is 0 Å². The van der Waals surface area contributed by atoms with Crippen molar-refractivity contribution in [2.45, 2.75) is 38.0 Å². The van der Waals surface area contributed by atoms with Gasteiger partial charge in [-0.2, -0.15) is 0 Å². The van der Waals surface area contributed by atoms with Gasteiger partial charge in [0.05, 0.1) is 12.1 Å². The molecule has 2 atom stereocenters. The van der Waals surface area contributed by atoms with Crippen molar-refractivity contribution in [3.8, 4) is 0 Å². The van der Waals surface area contributed by atoms with E-state index in [1.54, 1.807) is 0 Å². The first-order chi connectivity index (χ1) is 23.6. The largest absolute Gasteiger partial charge is 0.287 e. The molecule has 48 heavy (non-hydrogen) atoms. The van der Waals surface area contributed by atoms with Gasteiger partial charge >= 0.3 is 0 Å². The molecule has 0 bridgehead atoms. The lowest BCUT2D eigenvalue weighted by Gasteiger charge is -2.41. The Bertz CT molecular complexity index is 1730. The normalized spacial score (nSPS) is 15.4. The van der Waals surface area contributed by atoms with Crippen molar-refractivity contribution >= 4 is 23.2 Å². The van der Waals surface area contributed by atoms with Gasteiger partial charge in [0.1, 0.15) is 0 Å². The molecule has 2 aromatic heterocycles. The van der Waals surface area contributed by atoms with Crippen LogP contribution in [0.2, 0.25) is 10.0 Å². The number of piperazine rings is 1. The predicted octanol–water partition coefficient (Wildman–Crippen LogP) is 5.95. The number of aryl methyl sites for hydroxylation is 4.